The molecule has 1 atom stereocenters. The van der Waals surface area contributed by atoms with E-state index in [1.54, 1.807) is 33.2 Å². The van der Waals surface area contributed by atoms with Crippen LogP contribution in [0.25, 0.3) is 0 Å². The second-order valence-corrected chi connectivity index (χ2v) is 6.79. The van der Waals surface area contributed by atoms with Crippen LogP contribution in [0, 0.1) is 6.92 Å². The molecule has 1 aromatic rings. The van der Waals surface area contributed by atoms with E-state index >= 15 is 0 Å². The predicted octanol–water partition coefficient (Wildman–Crippen LogP) is 2.39. The van der Waals surface area contributed by atoms with Crippen molar-refractivity contribution in [2.75, 3.05) is 20.8 Å². The molecule has 0 heterocycles. The molecule has 0 aliphatic rings. The first-order valence-corrected chi connectivity index (χ1v) is 7.94. The molecule has 0 aliphatic carbocycles. The van der Waals surface area contributed by atoms with Gasteiger partial charge in [0.1, 0.15) is 0 Å². The van der Waals surface area contributed by atoms with Crippen LogP contribution in [0.4, 0.5) is 0 Å². The van der Waals surface area contributed by atoms with Gasteiger partial charge in [0.2, 0.25) is 10.0 Å². The Labute approximate surface area is 120 Å². The number of sulfonamides is 1. The van der Waals surface area contributed by atoms with Crippen molar-refractivity contribution in [3.63, 3.8) is 0 Å². The molecule has 0 N–H and O–H groups in total. The van der Waals surface area contributed by atoms with Crippen molar-refractivity contribution in [3.8, 4) is 0 Å². The zero-order valence-corrected chi connectivity index (χ0v) is 13.3. The minimum absolute atomic E-state index is 0.228. The monoisotopic (exact) mass is 305 g/mol. The average molecular weight is 306 g/mol. The number of hydrogen-bond acceptors (Lipinski definition) is 3. The first-order chi connectivity index (χ1) is 8.84. The first kappa shape index (κ1) is 16.4. The molecule has 1 unspecified atom stereocenters. The first-order valence-electron chi connectivity index (χ1n) is 5.97. The van der Waals surface area contributed by atoms with E-state index in [0.29, 0.717) is 22.9 Å². The van der Waals surface area contributed by atoms with Crippen molar-refractivity contribution in [3.05, 3.63) is 29.3 Å². The lowest BCUT2D eigenvalue weighted by Crippen LogP contribution is -2.38. The van der Waals surface area contributed by atoms with Crippen molar-refractivity contribution < 1.29 is 13.2 Å². The molecule has 0 fully saturated rings. The number of likely N-dealkylation sites (N-methyl/N-ethyl adjacent to an activating group) is 1. The molecule has 19 heavy (non-hydrogen) atoms. The van der Waals surface area contributed by atoms with Gasteiger partial charge in [-0.3, -0.25) is 0 Å². The van der Waals surface area contributed by atoms with Crippen LogP contribution in [0.5, 0.6) is 0 Å². The van der Waals surface area contributed by atoms with E-state index in [-0.39, 0.29) is 6.04 Å². The molecule has 0 saturated heterocycles. The normalized spacial score (nSPS) is 13.8. The van der Waals surface area contributed by atoms with Crippen LogP contribution in [-0.4, -0.2) is 39.5 Å². The summed E-state index contributed by atoms with van der Waals surface area (Å²) in [7, 11) is -0.416. The molecular formula is C13H20ClNO3S. The van der Waals surface area contributed by atoms with Gasteiger partial charge < -0.3 is 4.74 Å². The van der Waals surface area contributed by atoms with Crippen LogP contribution in [0.2, 0.25) is 0 Å². The molecule has 108 valence electrons. The zero-order valence-electron chi connectivity index (χ0n) is 11.7. The summed E-state index contributed by atoms with van der Waals surface area (Å²) < 4.78 is 31.5. The maximum Gasteiger partial charge on any atom is 0.243 e. The summed E-state index contributed by atoms with van der Waals surface area (Å²) in [6, 6.07) is 5.02. The van der Waals surface area contributed by atoms with Gasteiger partial charge in [-0.2, -0.15) is 4.31 Å². The lowest BCUT2D eigenvalue weighted by molar-refractivity contribution is 0.149. The summed E-state index contributed by atoms with van der Waals surface area (Å²) in [4.78, 5) is 0.302. The number of aryl methyl sites for hydroxylation is 1. The van der Waals surface area contributed by atoms with Crippen molar-refractivity contribution in [2.24, 2.45) is 0 Å². The maximum absolute atomic E-state index is 12.6. The highest BCUT2D eigenvalue weighted by Gasteiger charge is 2.26. The quantitative estimate of drug-likeness (QED) is 0.758. The number of ether oxygens (including phenoxy) is 1. The molecule has 0 amide bonds. The third-order valence-corrected chi connectivity index (χ3v) is 5.51. The summed E-state index contributed by atoms with van der Waals surface area (Å²) in [5.74, 6) is 0.292. The zero-order chi connectivity index (χ0) is 14.6. The minimum Gasteiger partial charge on any atom is -0.383 e. The van der Waals surface area contributed by atoms with Gasteiger partial charge >= 0.3 is 0 Å². The summed E-state index contributed by atoms with van der Waals surface area (Å²) >= 11 is 5.76. The number of rotatable bonds is 6. The smallest absolute Gasteiger partial charge is 0.243 e. The Hall–Kier alpha value is -0.620. The SMILES string of the molecule is COCC(C)N(C)S(=O)(=O)c1cc(CCl)ccc1C. The molecule has 4 nitrogen and oxygen atoms in total. The topological polar surface area (TPSA) is 46.6 Å². The second kappa shape index (κ2) is 6.70. The number of nitrogens with zero attached hydrogens (tertiary/aromatic N) is 1. The summed E-state index contributed by atoms with van der Waals surface area (Å²) in [5, 5.41) is 0. The Morgan fingerprint density at radius 3 is 2.58 bits per heavy atom. The number of benzene rings is 1. The molecule has 0 aliphatic heterocycles. The van der Waals surface area contributed by atoms with Gasteiger partial charge in [-0.05, 0) is 31.0 Å². The van der Waals surface area contributed by atoms with Crippen molar-refractivity contribution >= 4 is 21.6 Å². The third-order valence-electron chi connectivity index (χ3n) is 3.09. The Morgan fingerprint density at radius 1 is 1.42 bits per heavy atom. The number of alkyl halides is 1. The van der Waals surface area contributed by atoms with Crippen LogP contribution < -0.4 is 0 Å². The van der Waals surface area contributed by atoms with Crippen LogP contribution in [-0.2, 0) is 20.6 Å². The van der Waals surface area contributed by atoms with Crippen molar-refractivity contribution in [2.45, 2.75) is 30.7 Å². The van der Waals surface area contributed by atoms with Crippen molar-refractivity contribution in [1.82, 2.24) is 4.31 Å². The van der Waals surface area contributed by atoms with E-state index in [2.05, 4.69) is 0 Å². The molecule has 1 aromatic carbocycles. The Morgan fingerprint density at radius 2 is 2.05 bits per heavy atom. The molecule has 6 heteroatoms. The molecule has 0 aromatic heterocycles. The highest BCUT2D eigenvalue weighted by molar-refractivity contribution is 7.89. The average Bonchev–Trinajstić information content (AvgIpc) is 2.38. The van der Waals surface area contributed by atoms with Gasteiger partial charge in [0.15, 0.2) is 0 Å². The lowest BCUT2D eigenvalue weighted by atomic mass is 10.2. The van der Waals surface area contributed by atoms with E-state index in [1.165, 1.54) is 4.31 Å². The maximum atomic E-state index is 12.6. The molecule has 0 spiro atoms. The van der Waals surface area contributed by atoms with Gasteiger partial charge in [-0.15, -0.1) is 11.6 Å². The van der Waals surface area contributed by atoms with Crippen LogP contribution in [0.3, 0.4) is 0 Å². The highest BCUT2D eigenvalue weighted by atomic mass is 35.5. The lowest BCUT2D eigenvalue weighted by Gasteiger charge is -2.24. The van der Waals surface area contributed by atoms with Crippen molar-refractivity contribution in [1.29, 1.82) is 0 Å². The fourth-order valence-corrected chi connectivity index (χ4v) is 3.53. The molecular weight excluding hydrogens is 286 g/mol. The highest BCUT2D eigenvalue weighted by Crippen LogP contribution is 2.22. The van der Waals surface area contributed by atoms with E-state index in [0.717, 1.165) is 5.56 Å². The second-order valence-electron chi connectivity index (χ2n) is 4.56. The molecule has 0 saturated carbocycles. The summed E-state index contributed by atoms with van der Waals surface area (Å²) in [6.45, 7) is 3.94. The standard InChI is InChI=1S/C13H20ClNO3S/c1-10-5-6-12(8-14)7-13(10)19(16,17)15(3)11(2)9-18-4/h5-7,11H,8-9H2,1-4H3. The van der Waals surface area contributed by atoms with E-state index in [4.69, 9.17) is 16.3 Å². The van der Waals surface area contributed by atoms with Gasteiger partial charge in [0, 0.05) is 26.1 Å². The Kier molecular flexibility index (Phi) is 5.80. The molecule has 0 radical (unpaired) electrons. The molecule has 0 bridgehead atoms. The van der Waals surface area contributed by atoms with Crippen LogP contribution in [0.15, 0.2) is 23.1 Å². The van der Waals surface area contributed by atoms with Gasteiger partial charge in [0.25, 0.3) is 0 Å². The third kappa shape index (κ3) is 3.69. The summed E-state index contributed by atoms with van der Waals surface area (Å²) in [6.07, 6.45) is 0. The Bertz CT molecular complexity index is 531. The number of hydrogen-bond donors (Lipinski definition) is 0. The largest absolute Gasteiger partial charge is 0.383 e. The fourth-order valence-electron chi connectivity index (χ4n) is 1.74. The molecule has 1 rings (SSSR count). The minimum atomic E-state index is -3.53. The predicted molar refractivity (Wildman–Crippen MR) is 77.0 cm³/mol. The van der Waals surface area contributed by atoms with Crippen LogP contribution in [0.1, 0.15) is 18.1 Å². The number of methoxy groups -OCH3 is 1. The van der Waals surface area contributed by atoms with E-state index < -0.39 is 10.0 Å². The Balaban J connectivity index is 3.19. The number of halogens is 1. The van der Waals surface area contributed by atoms with Gasteiger partial charge in [0.05, 0.1) is 11.5 Å². The van der Waals surface area contributed by atoms with Gasteiger partial charge in [-0.1, -0.05) is 12.1 Å². The van der Waals surface area contributed by atoms with Crippen LogP contribution >= 0.6 is 11.6 Å². The van der Waals surface area contributed by atoms with E-state index in [9.17, 15) is 8.42 Å². The van der Waals surface area contributed by atoms with E-state index in [1.807, 2.05) is 13.0 Å². The van der Waals surface area contributed by atoms with Gasteiger partial charge in [-0.25, -0.2) is 8.42 Å². The summed E-state index contributed by atoms with van der Waals surface area (Å²) in [5.41, 5.74) is 1.50. The fraction of sp³-hybridized carbons (Fsp3) is 0.538.